The Morgan fingerprint density at radius 2 is 2.00 bits per heavy atom. The zero-order valence-electron chi connectivity index (χ0n) is 8.77. The molecule has 0 aliphatic heterocycles. The van der Waals surface area contributed by atoms with Gasteiger partial charge in [0, 0.05) is 12.0 Å². The fourth-order valence-electron chi connectivity index (χ4n) is 0.674. The summed E-state index contributed by atoms with van der Waals surface area (Å²) in [6.45, 7) is 5.15. The molecule has 0 fully saturated rings. The highest BCUT2D eigenvalue weighted by Gasteiger charge is 2.20. The first-order valence-corrected chi connectivity index (χ1v) is 4.48. The van der Waals surface area contributed by atoms with Crippen molar-refractivity contribution in [2.45, 2.75) is 27.2 Å². The van der Waals surface area contributed by atoms with Crippen LogP contribution in [0.25, 0.3) is 0 Å². The van der Waals surface area contributed by atoms with Gasteiger partial charge in [0.2, 0.25) is 5.91 Å². The molecule has 3 nitrogen and oxygen atoms in total. The van der Waals surface area contributed by atoms with E-state index in [1.165, 1.54) is 0 Å². The Hall–Kier alpha value is -0.710. The molecule has 14 heavy (non-hydrogen) atoms. The Balaban J connectivity index is 3.42. The van der Waals surface area contributed by atoms with Crippen molar-refractivity contribution in [3.8, 4) is 0 Å². The number of carbonyl (C=O) groups is 1. The first kappa shape index (κ1) is 13.3. The summed E-state index contributed by atoms with van der Waals surface area (Å²) in [5.41, 5.74) is -0.456. The summed E-state index contributed by atoms with van der Waals surface area (Å²) in [6, 6.07) is 0. The highest BCUT2D eigenvalue weighted by molar-refractivity contribution is 5.81. The number of hydrogen-bond acceptors (Lipinski definition) is 2. The minimum Gasteiger partial charge on any atom is -0.374 e. The molecule has 0 aliphatic rings. The molecule has 5 heteroatoms. The van der Waals surface area contributed by atoms with E-state index in [0.29, 0.717) is 0 Å². The minimum absolute atomic E-state index is 0.113. The summed E-state index contributed by atoms with van der Waals surface area (Å²) >= 11 is 0. The van der Waals surface area contributed by atoms with E-state index in [1.54, 1.807) is 20.8 Å². The normalized spacial score (nSPS) is 11.9. The van der Waals surface area contributed by atoms with Crippen molar-refractivity contribution in [3.05, 3.63) is 0 Å². The average Bonchev–Trinajstić information content (AvgIpc) is 2.01. The van der Waals surface area contributed by atoms with E-state index in [0.717, 1.165) is 0 Å². The lowest BCUT2D eigenvalue weighted by Gasteiger charge is -2.17. The summed E-state index contributed by atoms with van der Waals surface area (Å²) in [7, 11) is 0. The molecule has 0 aromatic rings. The van der Waals surface area contributed by atoms with Crippen molar-refractivity contribution in [2.24, 2.45) is 5.41 Å². The molecule has 0 bridgehead atoms. The number of halogens is 2. The monoisotopic (exact) mass is 209 g/mol. The van der Waals surface area contributed by atoms with Crippen LogP contribution in [0.1, 0.15) is 20.8 Å². The topological polar surface area (TPSA) is 38.3 Å². The number of carbonyl (C=O) groups excluding carboxylic acids is 1. The van der Waals surface area contributed by atoms with Gasteiger partial charge >= 0.3 is 0 Å². The first-order valence-electron chi connectivity index (χ1n) is 4.48. The predicted molar refractivity (Wildman–Crippen MR) is 49.3 cm³/mol. The van der Waals surface area contributed by atoms with Crippen LogP contribution < -0.4 is 5.32 Å². The van der Waals surface area contributed by atoms with Crippen molar-refractivity contribution in [1.82, 2.24) is 5.32 Å². The largest absolute Gasteiger partial charge is 0.374 e. The number of ether oxygens (including phenoxy) is 1. The lowest BCUT2D eigenvalue weighted by Crippen LogP contribution is -2.36. The Kier molecular flexibility index (Phi) is 5.60. The highest BCUT2D eigenvalue weighted by atomic mass is 19.3. The zero-order valence-corrected chi connectivity index (χ0v) is 8.77. The molecule has 0 saturated heterocycles. The predicted octanol–water partition coefficient (Wildman–Crippen LogP) is 1.43. The van der Waals surface area contributed by atoms with Gasteiger partial charge in [0.25, 0.3) is 6.43 Å². The van der Waals surface area contributed by atoms with Gasteiger partial charge in [-0.15, -0.1) is 0 Å². The van der Waals surface area contributed by atoms with Crippen molar-refractivity contribution in [1.29, 1.82) is 0 Å². The molecule has 0 radical (unpaired) electrons. The van der Waals surface area contributed by atoms with Crippen LogP contribution in [0.3, 0.4) is 0 Å². The summed E-state index contributed by atoms with van der Waals surface area (Å²) in [4.78, 5) is 11.2. The first-order chi connectivity index (χ1) is 6.34. The van der Waals surface area contributed by atoms with Crippen molar-refractivity contribution >= 4 is 5.91 Å². The summed E-state index contributed by atoms with van der Waals surface area (Å²) < 4.78 is 27.8. The molecular weight excluding hydrogens is 192 g/mol. The van der Waals surface area contributed by atoms with Gasteiger partial charge < -0.3 is 10.1 Å². The van der Waals surface area contributed by atoms with E-state index in [4.69, 9.17) is 0 Å². The van der Waals surface area contributed by atoms with E-state index >= 15 is 0 Å². The van der Waals surface area contributed by atoms with E-state index in [9.17, 15) is 13.6 Å². The number of amides is 1. The quantitative estimate of drug-likeness (QED) is 0.695. The molecule has 0 unspecified atom stereocenters. The van der Waals surface area contributed by atoms with E-state index < -0.39 is 18.4 Å². The highest BCUT2D eigenvalue weighted by Crippen LogP contribution is 2.11. The molecule has 1 N–H and O–H groups in total. The Bertz CT molecular complexity index is 178. The van der Waals surface area contributed by atoms with Crippen LogP contribution in [0.2, 0.25) is 0 Å². The standard InChI is InChI=1S/C9H17F2NO2/c1-9(2,3)8(13)12-4-5-14-6-7(10)11/h7H,4-6H2,1-3H3,(H,12,13). The molecule has 0 spiro atoms. The van der Waals surface area contributed by atoms with Crippen LogP contribution in [0.5, 0.6) is 0 Å². The van der Waals surface area contributed by atoms with E-state index in [-0.39, 0.29) is 19.1 Å². The lowest BCUT2D eigenvalue weighted by atomic mass is 9.96. The van der Waals surface area contributed by atoms with Gasteiger partial charge in [-0.1, -0.05) is 20.8 Å². The number of hydrogen-bond donors (Lipinski definition) is 1. The van der Waals surface area contributed by atoms with Gasteiger partial charge in [0.15, 0.2) is 0 Å². The molecule has 84 valence electrons. The fourth-order valence-corrected chi connectivity index (χ4v) is 0.674. The maximum Gasteiger partial charge on any atom is 0.261 e. The third-order valence-electron chi connectivity index (χ3n) is 1.46. The van der Waals surface area contributed by atoms with Crippen molar-refractivity contribution in [3.63, 3.8) is 0 Å². The zero-order chi connectivity index (χ0) is 11.2. The number of rotatable bonds is 5. The fraction of sp³-hybridized carbons (Fsp3) is 0.889. The number of nitrogens with one attached hydrogen (secondary N) is 1. The summed E-state index contributed by atoms with van der Waals surface area (Å²) in [5, 5.41) is 2.59. The van der Waals surface area contributed by atoms with Crippen molar-refractivity contribution in [2.75, 3.05) is 19.8 Å². The summed E-state index contributed by atoms with van der Waals surface area (Å²) in [5.74, 6) is -0.113. The third-order valence-corrected chi connectivity index (χ3v) is 1.46. The van der Waals surface area contributed by atoms with Crippen LogP contribution >= 0.6 is 0 Å². The van der Waals surface area contributed by atoms with Gasteiger partial charge in [-0.05, 0) is 0 Å². The average molecular weight is 209 g/mol. The Labute approximate surface area is 82.8 Å². The molecule has 0 heterocycles. The van der Waals surface area contributed by atoms with Gasteiger partial charge in [-0.25, -0.2) is 8.78 Å². The molecule has 0 aromatic heterocycles. The maximum atomic E-state index is 11.6. The molecule has 1 amide bonds. The molecule has 0 saturated carbocycles. The van der Waals surface area contributed by atoms with Gasteiger partial charge in [-0.3, -0.25) is 4.79 Å². The van der Waals surface area contributed by atoms with Crippen LogP contribution in [0.4, 0.5) is 8.78 Å². The van der Waals surface area contributed by atoms with Crippen LogP contribution in [0.15, 0.2) is 0 Å². The van der Waals surface area contributed by atoms with E-state index in [2.05, 4.69) is 10.1 Å². The lowest BCUT2D eigenvalue weighted by molar-refractivity contribution is -0.128. The van der Waals surface area contributed by atoms with Crippen LogP contribution in [0, 0.1) is 5.41 Å². The molecule has 0 aromatic carbocycles. The molecule has 0 atom stereocenters. The van der Waals surface area contributed by atoms with Gasteiger partial charge in [-0.2, -0.15) is 0 Å². The third kappa shape index (κ3) is 6.77. The van der Waals surface area contributed by atoms with Crippen molar-refractivity contribution < 1.29 is 18.3 Å². The second-order valence-electron chi connectivity index (χ2n) is 3.97. The maximum absolute atomic E-state index is 11.6. The second-order valence-corrected chi connectivity index (χ2v) is 3.97. The van der Waals surface area contributed by atoms with Crippen LogP contribution in [-0.2, 0) is 9.53 Å². The Morgan fingerprint density at radius 1 is 1.43 bits per heavy atom. The smallest absolute Gasteiger partial charge is 0.261 e. The van der Waals surface area contributed by atoms with Gasteiger partial charge in [0.1, 0.15) is 6.61 Å². The number of alkyl halides is 2. The summed E-state index contributed by atoms with van der Waals surface area (Å²) in [6.07, 6.45) is -2.45. The van der Waals surface area contributed by atoms with Gasteiger partial charge in [0.05, 0.1) is 6.61 Å². The minimum atomic E-state index is -2.45. The second kappa shape index (κ2) is 5.90. The molecular formula is C9H17F2NO2. The Morgan fingerprint density at radius 3 is 2.43 bits per heavy atom. The van der Waals surface area contributed by atoms with Crippen LogP contribution in [-0.4, -0.2) is 32.1 Å². The molecule has 0 rings (SSSR count). The van der Waals surface area contributed by atoms with E-state index in [1.807, 2.05) is 0 Å². The molecule has 0 aliphatic carbocycles. The SMILES string of the molecule is CC(C)(C)C(=O)NCCOCC(F)F.